The molecule has 2 N–H and O–H groups in total. The molecule has 0 saturated carbocycles. The van der Waals surface area contributed by atoms with E-state index in [4.69, 9.17) is 4.74 Å². The lowest BCUT2D eigenvalue weighted by Crippen LogP contribution is -2.27. The molecule has 0 saturated heterocycles. The lowest BCUT2D eigenvalue weighted by molar-refractivity contribution is 0.0947. The molecule has 0 aliphatic heterocycles. The zero-order chi connectivity index (χ0) is 18.9. The fourth-order valence-electron chi connectivity index (χ4n) is 2.38. The number of rotatable bonds is 9. The molecule has 1 heterocycles. The van der Waals surface area contributed by atoms with Crippen molar-refractivity contribution >= 4 is 17.3 Å². The zero-order valence-corrected chi connectivity index (χ0v) is 16.0. The third-order valence-corrected chi connectivity index (χ3v) is 3.58. The van der Waals surface area contributed by atoms with Gasteiger partial charge in [0.05, 0.1) is 6.10 Å². The molecular weight excluding hydrogens is 328 g/mol. The number of benzene rings is 1. The number of amides is 1. The first kappa shape index (κ1) is 19.7. The number of pyridine rings is 1. The van der Waals surface area contributed by atoms with E-state index in [2.05, 4.69) is 20.5 Å². The molecule has 0 atom stereocenters. The first-order valence-corrected chi connectivity index (χ1v) is 8.87. The van der Waals surface area contributed by atoms with Crippen molar-refractivity contribution in [3.63, 3.8) is 0 Å². The quantitative estimate of drug-likeness (QED) is 0.675. The van der Waals surface area contributed by atoms with Gasteiger partial charge in [0.15, 0.2) is 0 Å². The van der Waals surface area contributed by atoms with Crippen LogP contribution in [0.3, 0.4) is 0 Å². The minimum Gasteiger partial charge on any atom is -0.491 e. The molecule has 140 valence electrons. The van der Waals surface area contributed by atoms with Crippen LogP contribution in [-0.2, 0) is 0 Å². The number of ether oxygens (including phenoxy) is 1. The summed E-state index contributed by atoms with van der Waals surface area (Å²) >= 11 is 0. The number of nitrogens with one attached hydrogen (secondary N) is 2. The Balaban J connectivity index is 1.92. The van der Waals surface area contributed by atoms with Crippen LogP contribution in [0.4, 0.5) is 11.4 Å². The van der Waals surface area contributed by atoms with Gasteiger partial charge in [-0.2, -0.15) is 0 Å². The van der Waals surface area contributed by atoms with Crippen molar-refractivity contribution in [1.82, 2.24) is 15.2 Å². The van der Waals surface area contributed by atoms with Crippen molar-refractivity contribution < 1.29 is 9.53 Å². The Morgan fingerprint density at radius 2 is 1.88 bits per heavy atom. The van der Waals surface area contributed by atoms with Gasteiger partial charge in [-0.3, -0.25) is 9.78 Å². The van der Waals surface area contributed by atoms with Crippen LogP contribution in [0.25, 0.3) is 0 Å². The number of hydrogen-bond donors (Lipinski definition) is 2. The van der Waals surface area contributed by atoms with Gasteiger partial charge in [0.1, 0.15) is 11.4 Å². The summed E-state index contributed by atoms with van der Waals surface area (Å²) in [5.74, 6) is 0.672. The summed E-state index contributed by atoms with van der Waals surface area (Å²) in [6.07, 6.45) is 2.68. The van der Waals surface area contributed by atoms with Crippen molar-refractivity contribution in [2.24, 2.45) is 0 Å². The fraction of sp³-hybridized carbons (Fsp3) is 0.400. The molecule has 1 amide bonds. The van der Waals surface area contributed by atoms with E-state index in [9.17, 15) is 4.79 Å². The number of hydrogen-bond acceptors (Lipinski definition) is 5. The van der Waals surface area contributed by atoms with Crippen LogP contribution in [0.5, 0.6) is 5.75 Å². The SMILES string of the molecule is CC(C)Oc1ccc(Nc2ccnc(C(=O)NCCCN(C)C)c2)cc1. The number of nitrogens with zero attached hydrogens (tertiary/aromatic N) is 2. The summed E-state index contributed by atoms with van der Waals surface area (Å²) in [7, 11) is 4.03. The van der Waals surface area contributed by atoms with E-state index in [1.54, 1.807) is 12.3 Å². The van der Waals surface area contributed by atoms with Crippen molar-refractivity contribution in [2.45, 2.75) is 26.4 Å². The molecule has 1 aromatic heterocycles. The normalized spacial score (nSPS) is 10.8. The Bertz CT molecular complexity index is 699. The van der Waals surface area contributed by atoms with Gasteiger partial charge in [0.25, 0.3) is 5.91 Å². The van der Waals surface area contributed by atoms with Crippen molar-refractivity contribution in [2.75, 3.05) is 32.5 Å². The maximum absolute atomic E-state index is 12.2. The summed E-state index contributed by atoms with van der Waals surface area (Å²) in [5, 5.41) is 6.18. The van der Waals surface area contributed by atoms with Crippen molar-refractivity contribution in [3.05, 3.63) is 48.3 Å². The largest absolute Gasteiger partial charge is 0.491 e. The van der Waals surface area contributed by atoms with E-state index in [0.29, 0.717) is 12.2 Å². The van der Waals surface area contributed by atoms with Crippen LogP contribution in [0, 0.1) is 0 Å². The summed E-state index contributed by atoms with van der Waals surface area (Å²) in [6.45, 7) is 5.56. The topological polar surface area (TPSA) is 66.5 Å². The summed E-state index contributed by atoms with van der Waals surface area (Å²) < 4.78 is 5.64. The van der Waals surface area contributed by atoms with E-state index >= 15 is 0 Å². The Labute approximate surface area is 155 Å². The third-order valence-electron chi connectivity index (χ3n) is 3.58. The van der Waals surface area contributed by atoms with Crippen molar-refractivity contribution in [1.29, 1.82) is 0 Å². The van der Waals surface area contributed by atoms with Gasteiger partial charge in [0.2, 0.25) is 0 Å². The van der Waals surface area contributed by atoms with E-state index in [0.717, 1.165) is 30.1 Å². The average Bonchev–Trinajstić information content (AvgIpc) is 2.60. The second-order valence-electron chi connectivity index (χ2n) is 6.66. The van der Waals surface area contributed by atoms with Crippen LogP contribution in [0.15, 0.2) is 42.6 Å². The highest BCUT2D eigenvalue weighted by Crippen LogP contribution is 2.21. The summed E-state index contributed by atoms with van der Waals surface area (Å²) in [6, 6.07) is 11.3. The Hall–Kier alpha value is -2.60. The molecule has 0 spiro atoms. The standard InChI is InChI=1S/C20H28N4O2/c1-15(2)26-18-8-6-16(7-9-18)23-17-10-12-21-19(14-17)20(25)22-11-5-13-24(3)4/h6-10,12,14-15H,5,11,13H2,1-4H3,(H,21,23)(H,22,25). The number of anilines is 2. The third kappa shape index (κ3) is 6.72. The fourth-order valence-corrected chi connectivity index (χ4v) is 2.38. The predicted octanol–water partition coefficient (Wildman–Crippen LogP) is 3.29. The van der Waals surface area contributed by atoms with E-state index in [1.807, 2.05) is 58.3 Å². The van der Waals surface area contributed by atoms with Gasteiger partial charge in [-0.1, -0.05) is 0 Å². The van der Waals surface area contributed by atoms with Crippen LogP contribution >= 0.6 is 0 Å². The van der Waals surface area contributed by atoms with E-state index in [1.165, 1.54) is 0 Å². The average molecular weight is 356 g/mol. The zero-order valence-electron chi connectivity index (χ0n) is 16.0. The minimum absolute atomic E-state index is 0.146. The predicted molar refractivity (Wildman–Crippen MR) is 105 cm³/mol. The second-order valence-corrected chi connectivity index (χ2v) is 6.66. The maximum Gasteiger partial charge on any atom is 0.269 e. The number of carbonyl (C=O) groups excluding carboxylic acids is 1. The highest BCUT2D eigenvalue weighted by atomic mass is 16.5. The highest BCUT2D eigenvalue weighted by molar-refractivity contribution is 5.93. The van der Waals surface area contributed by atoms with Gasteiger partial charge in [-0.25, -0.2) is 0 Å². The molecule has 6 heteroatoms. The van der Waals surface area contributed by atoms with E-state index in [-0.39, 0.29) is 12.0 Å². The molecule has 0 bridgehead atoms. The number of carbonyl (C=O) groups is 1. The lowest BCUT2D eigenvalue weighted by Gasteiger charge is -2.12. The number of aromatic nitrogens is 1. The van der Waals surface area contributed by atoms with Gasteiger partial charge >= 0.3 is 0 Å². The van der Waals surface area contributed by atoms with Gasteiger partial charge in [0, 0.05) is 24.1 Å². The van der Waals surface area contributed by atoms with Gasteiger partial charge in [-0.05, 0) is 77.3 Å². The molecule has 2 rings (SSSR count). The van der Waals surface area contributed by atoms with Gasteiger partial charge in [-0.15, -0.1) is 0 Å². The van der Waals surface area contributed by atoms with Crippen LogP contribution in [0.1, 0.15) is 30.8 Å². The molecule has 1 aromatic carbocycles. The molecular formula is C20H28N4O2. The monoisotopic (exact) mass is 356 g/mol. The summed E-state index contributed by atoms with van der Waals surface area (Å²) in [4.78, 5) is 18.5. The first-order chi connectivity index (χ1) is 12.4. The Morgan fingerprint density at radius 3 is 2.54 bits per heavy atom. The molecule has 0 aliphatic carbocycles. The van der Waals surface area contributed by atoms with E-state index < -0.39 is 0 Å². The molecule has 26 heavy (non-hydrogen) atoms. The molecule has 2 aromatic rings. The van der Waals surface area contributed by atoms with Crippen molar-refractivity contribution in [3.8, 4) is 5.75 Å². The summed E-state index contributed by atoms with van der Waals surface area (Å²) in [5.41, 5.74) is 2.14. The molecule has 0 aliphatic rings. The molecule has 6 nitrogen and oxygen atoms in total. The second kappa shape index (κ2) is 9.77. The molecule has 0 unspecified atom stereocenters. The Morgan fingerprint density at radius 1 is 1.15 bits per heavy atom. The lowest BCUT2D eigenvalue weighted by atomic mass is 10.2. The Kier molecular flexibility index (Phi) is 7.41. The minimum atomic E-state index is -0.159. The molecule has 0 radical (unpaired) electrons. The maximum atomic E-state index is 12.2. The van der Waals surface area contributed by atoms with Crippen LogP contribution < -0.4 is 15.4 Å². The smallest absolute Gasteiger partial charge is 0.269 e. The van der Waals surface area contributed by atoms with Crippen LogP contribution in [0.2, 0.25) is 0 Å². The highest BCUT2D eigenvalue weighted by Gasteiger charge is 2.08. The first-order valence-electron chi connectivity index (χ1n) is 8.87. The van der Waals surface area contributed by atoms with Crippen LogP contribution in [-0.4, -0.2) is 49.1 Å². The molecule has 0 fully saturated rings. The van der Waals surface area contributed by atoms with Gasteiger partial charge < -0.3 is 20.3 Å².